The van der Waals surface area contributed by atoms with E-state index < -0.39 is 0 Å². The molecule has 0 bridgehead atoms. The van der Waals surface area contributed by atoms with E-state index in [1.54, 1.807) is 18.2 Å². The number of phenols is 1. The van der Waals surface area contributed by atoms with E-state index in [9.17, 15) is 9.50 Å². The maximum Gasteiger partial charge on any atom is 0.137 e. The van der Waals surface area contributed by atoms with Gasteiger partial charge in [-0.2, -0.15) is 0 Å². The molecule has 4 heteroatoms. The summed E-state index contributed by atoms with van der Waals surface area (Å²) in [5.74, 6) is 0.0304. The monoisotopic (exact) mass is 337 g/mol. The molecule has 0 aliphatic heterocycles. The van der Waals surface area contributed by atoms with Crippen molar-refractivity contribution in [2.45, 2.75) is 26.8 Å². The molecule has 0 amide bonds. The zero-order chi connectivity index (χ0) is 14.9. The standard InChI is InChI=1S/C16H17BrFNO/c1-9-7-16(20)10(2)6-15(9)19-11(3)12-4-5-14(18)13(17)8-12/h4-8,11,19-20H,1-3H3. The number of hydrogen-bond acceptors (Lipinski definition) is 2. The van der Waals surface area contributed by atoms with Crippen LogP contribution in [0.1, 0.15) is 29.7 Å². The van der Waals surface area contributed by atoms with Crippen molar-refractivity contribution < 1.29 is 9.50 Å². The molecule has 0 aromatic heterocycles. The highest BCUT2D eigenvalue weighted by Crippen LogP contribution is 2.29. The summed E-state index contributed by atoms with van der Waals surface area (Å²) in [4.78, 5) is 0. The number of rotatable bonds is 3. The molecule has 0 heterocycles. The molecule has 2 rings (SSSR count). The van der Waals surface area contributed by atoms with Gasteiger partial charge in [0.25, 0.3) is 0 Å². The highest BCUT2D eigenvalue weighted by atomic mass is 79.9. The molecule has 0 saturated carbocycles. The topological polar surface area (TPSA) is 32.3 Å². The quantitative estimate of drug-likeness (QED) is 0.765. The summed E-state index contributed by atoms with van der Waals surface area (Å²) >= 11 is 3.20. The van der Waals surface area contributed by atoms with E-state index in [0.717, 1.165) is 22.4 Å². The zero-order valence-corrected chi connectivity index (χ0v) is 13.3. The number of benzene rings is 2. The molecule has 0 fully saturated rings. The fraction of sp³-hybridized carbons (Fsp3) is 0.250. The first-order chi connectivity index (χ1) is 9.38. The molecule has 1 atom stereocenters. The van der Waals surface area contributed by atoms with Crippen LogP contribution in [0.4, 0.5) is 10.1 Å². The third-order valence-electron chi connectivity index (χ3n) is 3.36. The largest absolute Gasteiger partial charge is 0.508 e. The molecule has 2 aromatic carbocycles. The second-order valence-corrected chi connectivity index (χ2v) is 5.85. The number of halogens is 2. The molecule has 1 unspecified atom stereocenters. The summed E-state index contributed by atoms with van der Waals surface area (Å²) in [5.41, 5.74) is 3.75. The fourth-order valence-electron chi connectivity index (χ4n) is 2.05. The lowest BCUT2D eigenvalue weighted by atomic mass is 10.1. The Morgan fingerprint density at radius 2 is 1.85 bits per heavy atom. The highest BCUT2D eigenvalue weighted by molar-refractivity contribution is 9.10. The Bertz CT molecular complexity index is 643. The van der Waals surface area contributed by atoms with Gasteiger partial charge in [-0.15, -0.1) is 0 Å². The Labute approximate surface area is 126 Å². The molecule has 0 aliphatic carbocycles. The molecule has 106 valence electrons. The summed E-state index contributed by atoms with van der Waals surface area (Å²) in [7, 11) is 0. The average Bonchev–Trinajstić information content (AvgIpc) is 2.39. The number of phenolic OH excluding ortho intramolecular Hbond substituents is 1. The van der Waals surface area contributed by atoms with E-state index in [-0.39, 0.29) is 11.9 Å². The maximum absolute atomic E-state index is 13.3. The summed E-state index contributed by atoms with van der Waals surface area (Å²) in [6.45, 7) is 5.81. The molecular weight excluding hydrogens is 321 g/mol. The highest BCUT2D eigenvalue weighted by Gasteiger charge is 2.10. The van der Waals surface area contributed by atoms with Gasteiger partial charge in [0.1, 0.15) is 11.6 Å². The van der Waals surface area contributed by atoms with E-state index in [2.05, 4.69) is 21.2 Å². The van der Waals surface area contributed by atoms with Gasteiger partial charge in [0.05, 0.1) is 4.47 Å². The minimum atomic E-state index is -0.266. The number of aryl methyl sites for hydroxylation is 2. The predicted molar refractivity (Wildman–Crippen MR) is 83.7 cm³/mol. The zero-order valence-electron chi connectivity index (χ0n) is 11.7. The van der Waals surface area contributed by atoms with Crippen molar-refractivity contribution in [3.63, 3.8) is 0 Å². The molecule has 20 heavy (non-hydrogen) atoms. The van der Waals surface area contributed by atoms with Gasteiger partial charge >= 0.3 is 0 Å². The molecule has 2 N–H and O–H groups in total. The van der Waals surface area contributed by atoms with Crippen molar-refractivity contribution in [3.8, 4) is 5.75 Å². The number of hydrogen-bond donors (Lipinski definition) is 2. The van der Waals surface area contributed by atoms with Crippen molar-refractivity contribution in [3.05, 3.63) is 57.3 Å². The first-order valence-electron chi connectivity index (χ1n) is 6.40. The minimum Gasteiger partial charge on any atom is -0.508 e. The predicted octanol–water partition coefficient (Wildman–Crippen LogP) is 5.08. The van der Waals surface area contributed by atoms with Gasteiger partial charge in [-0.1, -0.05) is 6.07 Å². The van der Waals surface area contributed by atoms with Crippen molar-refractivity contribution >= 4 is 21.6 Å². The van der Waals surface area contributed by atoms with Gasteiger partial charge in [-0.3, -0.25) is 0 Å². The number of nitrogens with one attached hydrogen (secondary N) is 1. The van der Waals surface area contributed by atoms with Crippen LogP contribution in [-0.4, -0.2) is 5.11 Å². The van der Waals surface area contributed by atoms with Gasteiger partial charge in [0.15, 0.2) is 0 Å². The van der Waals surface area contributed by atoms with Crippen LogP contribution < -0.4 is 5.32 Å². The van der Waals surface area contributed by atoms with Crippen LogP contribution >= 0.6 is 15.9 Å². The molecule has 0 saturated heterocycles. The fourth-order valence-corrected chi connectivity index (χ4v) is 2.45. The average molecular weight is 338 g/mol. The van der Waals surface area contributed by atoms with E-state index >= 15 is 0 Å². The van der Waals surface area contributed by atoms with Gasteiger partial charge in [-0.25, -0.2) is 4.39 Å². The van der Waals surface area contributed by atoms with Crippen molar-refractivity contribution in [1.82, 2.24) is 0 Å². The van der Waals surface area contributed by atoms with Crippen molar-refractivity contribution in [2.24, 2.45) is 0 Å². The van der Waals surface area contributed by atoms with Crippen LogP contribution in [0.5, 0.6) is 5.75 Å². The molecule has 0 spiro atoms. The van der Waals surface area contributed by atoms with E-state index in [1.807, 2.05) is 26.8 Å². The number of anilines is 1. The van der Waals surface area contributed by atoms with Crippen LogP contribution in [0.25, 0.3) is 0 Å². The Balaban J connectivity index is 2.25. The minimum absolute atomic E-state index is 0.0366. The summed E-state index contributed by atoms with van der Waals surface area (Å²) in [6.07, 6.45) is 0. The van der Waals surface area contributed by atoms with Crippen molar-refractivity contribution in [1.29, 1.82) is 0 Å². The Morgan fingerprint density at radius 3 is 2.50 bits per heavy atom. The lowest BCUT2D eigenvalue weighted by Crippen LogP contribution is -2.08. The Morgan fingerprint density at radius 1 is 1.15 bits per heavy atom. The smallest absolute Gasteiger partial charge is 0.137 e. The van der Waals surface area contributed by atoms with E-state index in [1.165, 1.54) is 6.07 Å². The SMILES string of the molecule is Cc1cc(NC(C)c2ccc(F)c(Br)c2)c(C)cc1O. The van der Waals surface area contributed by atoms with E-state index in [0.29, 0.717) is 10.2 Å². The van der Waals surface area contributed by atoms with E-state index in [4.69, 9.17) is 0 Å². The van der Waals surface area contributed by atoms with Gasteiger partial charge in [0, 0.05) is 11.7 Å². The molecular formula is C16H17BrFNO. The molecule has 0 radical (unpaired) electrons. The summed E-state index contributed by atoms with van der Waals surface area (Å²) in [6, 6.07) is 8.68. The Hall–Kier alpha value is -1.55. The van der Waals surface area contributed by atoms with Gasteiger partial charge < -0.3 is 10.4 Å². The molecule has 2 nitrogen and oxygen atoms in total. The van der Waals surface area contributed by atoms with Crippen molar-refractivity contribution in [2.75, 3.05) is 5.32 Å². The first kappa shape index (κ1) is 14.9. The Kier molecular flexibility index (Phi) is 4.33. The lowest BCUT2D eigenvalue weighted by Gasteiger charge is -2.19. The second kappa shape index (κ2) is 5.83. The lowest BCUT2D eigenvalue weighted by molar-refractivity contribution is 0.470. The second-order valence-electron chi connectivity index (χ2n) is 4.99. The van der Waals surface area contributed by atoms with Gasteiger partial charge in [-0.05, 0) is 77.7 Å². The third kappa shape index (κ3) is 3.12. The van der Waals surface area contributed by atoms with Crippen LogP contribution in [0, 0.1) is 19.7 Å². The number of aromatic hydroxyl groups is 1. The van der Waals surface area contributed by atoms with Crippen LogP contribution in [0.3, 0.4) is 0 Å². The summed E-state index contributed by atoms with van der Waals surface area (Å²) < 4.78 is 13.7. The van der Waals surface area contributed by atoms with Gasteiger partial charge in [0.2, 0.25) is 0 Å². The van der Waals surface area contributed by atoms with Crippen LogP contribution in [0.15, 0.2) is 34.8 Å². The normalized spacial score (nSPS) is 12.2. The summed E-state index contributed by atoms with van der Waals surface area (Å²) in [5, 5.41) is 13.1. The molecule has 2 aromatic rings. The first-order valence-corrected chi connectivity index (χ1v) is 7.19. The van der Waals surface area contributed by atoms with Crippen LogP contribution in [-0.2, 0) is 0 Å². The van der Waals surface area contributed by atoms with Crippen LogP contribution in [0.2, 0.25) is 0 Å². The maximum atomic E-state index is 13.3. The molecule has 0 aliphatic rings. The third-order valence-corrected chi connectivity index (χ3v) is 3.97.